The summed E-state index contributed by atoms with van der Waals surface area (Å²) in [6.45, 7) is 1.77. The quantitative estimate of drug-likeness (QED) is 0.700. The number of carbonyl (C=O) groups is 1. The molecular formula is C20H22N4O3. The van der Waals surface area contributed by atoms with Crippen molar-refractivity contribution in [2.75, 3.05) is 7.11 Å². The molecule has 0 bridgehead atoms. The number of nitrogens with zero attached hydrogens (tertiary/aromatic N) is 3. The highest BCUT2D eigenvalue weighted by Gasteiger charge is 2.15. The topological polar surface area (TPSA) is 89.3 Å². The Morgan fingerprint density at radius 2 is 1.93 bits per heavy atom. The lowest BCUT2D eigenvalue weighted by atomic mass is 10.0. The molecule has 2 N–H and O–H groups in total. The van der Waals surface area contributed by atoms with Gasteiger partial charge in [0.25, 0.3) is 5.91 Å². The maximum Gasteiger partial charge on any atom is 0.251 e. The van der Waals surface area contributed by atoms with Crippen LogP contribution in [0.25, 0.3) is 11.1 Å². The molecule has 0 saturated carbocycles. The Morgan fingerprint density at radius 3 is 2.52 bits per heavy atom. The van der Waals surface area contributed by atoms with Gasteiger partial charge in [-0.3, -0.25) is 4.79 Å². The number of ether oxygens (including phenoxy) is 1. The number of aromatic nitrogens is 3. The van der Waals surface area contributed by atoms with Crippen molar-refractivity contribution in [3.8, 4) is 16.9 Å². The third-order valence-electron chi connectivity index (χ3n) is 4.41. The lowest BCUT2D eigenvalue weighted by Crippen LogP contribution is -2.28. The molecular weight excluding hydrogens is 344 g/mol. The van der Waals surface area contributed by atoms with Crippen molar-refractivity contribution >= 4 is 5.91 Å². The summed E-state index contributed by atoms with van der Waals surface area (Å²) in [5.41, 5.74) is 3.17. The van der Waals surface area contributed by atoms with E-state index in [9.17, 15) is 9.90 Å². The molecule has 1 amide bonds. The van der Waals surface area contributed by atoms with E-state index in [2.05, 4.69) is 15.5 Å². The Morgan fingerprint density at radius 1 is 1.22 bits per heavy atom. The molecule has 27 heavy (non-hydrogen) atoms. The van der Waals surface area contributed by atoms with Crippen LogP contribution < -0.4 is 10.1 Å². The van der Waals surface area contributed by atoms with E-state index in [1.54, 1.807) is 30.1 Å². The van der Waals surface area contributed by atoms with Crippen LogP contribution in [-0.2, 0) is 13.7 Å². The zero-order chi connectivity index (χ0) is 19.4. The number of aliphatic hydroxyl groups excluding tert-OH is 1. The second-order valence-electron chi connectivity index (χ2n) is 6.26. The van der Waals surface area contributed by atoms with E-state index < -0.39 is 0 Å². The second kappa shape index (κ2) is 8.01. The molecule has 0 aliphatic carbocycles. The summed E-state index contributed by atoms with van der Waals surface area (Å²) in [6, 6.07) is 12.7. The predicted molar refractivity (Wildman–Crippen MR) is 101 cm³/mol. The van der Waals surface area contributed by atoms with E-state index in [4.69, 9.17) is 4.74 Å². The molecule has 3 rings (SSSR count). The molecule has 1 heterocycles. The van der Waals surface area contributed by atoms with Crippen LogP contribution in [0.1, 0.15) is 34.7 Å². The average Bonchev–Trinajstić information content (AvgIpc) is 3.13. The maximum absolute atomic E-state index is 12.5. The minimum absolute atomic E-state index is 0.0998. The largest absolute Gasteiger partial charge is 0.496 e. The first-order valence-corrected chi connectivity index (χ1v) is 8.56. The normalized spacial score (nSPS) is 11.9. The molecule has 1 atom stereocenters. The van der Waals surface area contributed by atoms with Crippen molar-refractivity contribution < 1.29 is 14.6 Å². The highest BCUT2D eigenvalue weighted by Crippen LogP contribution is 2.27. The number of nitrogens with one attached hydrogen (secondary N) is 1. The summed E-state index contributed by atoms with van der Waals surface area (Å²) in [6.07, 6.45) is 1.60. The molecule has 1 aromatic heterocycles. The van der Waals surface area contributed by atoms with Gasteiger partial charge in [0.1, 0.15) is 12.1 Å². The first kappa shape index (κ1) is 18.6. The monoisotopic (exact) mass is 366 g/mol. The van der Waals surface area contributed by atoms with Crippen LogP contribution >= 0.6 is 0 Å². The van der Waals surface area contributed by atoms with Gasteiger partial charge in [-0.1, -0.05) is 18.2 Å². The van der Waals surface area contributed by atoms with Crippen molar-refractivity contribution in [2.45, 2.75) is 19.6 Å². The molecule has 0 spiro atoms. The third-order valence-corrected chi connectivity index (χ3v) is 4.41. The summed E-state index contributed by atoms with van der Waals surface area (Å²) in [7, 11) is 3.41. The van der Waals surface area contributed by atoms with Gasteiger partial charge in [-0.2, -0.15) is 0 Å². The van der Waals surface area contributed by atoms with Gasteiger partial charge in [-0.05, 0) is 42.3 Å². The molecule has 0 aliphatic rings. The fourth-order valence-corrected chi connectivity index (χ4v) is 2.92. The van der Waals surface area contributed by atoms with Crippen LogP contribution in [0.15, 0.2) is 48.8 Å². The maximum atomic E-state index is 12.5. The summed E-state index contributed by atoms with van der Waals surface area (Å²) in [5, 5.41) is 20.2. The number of benzene rings is 2. The summed E-state index contributed by atoms with van der Waals surface area (Å²) >= 11 is 0. The Labute approximate surface area is 157 Å². The van der Waals surface area contributed by atoms with Crippen LogP contribution in [-0.4, -0.2) is 32.9 Å². The predicted octanol–water partition coefficient (Wildman–Crippen LogP) is 2.47. The van der Waals surface area contributed by atoms with Crippen molar-refractivity contribution in [3.63, 3.8) is 0 Å². The van der Waals surface area contributed by atoms with Crippen LogP contribution in [0, 0.1) is 0 Å². The third kappa shape index (κ3) is 3.98. The van der Waals surface area contributed by atoms with E-state index in [1.807, 2.05) is 44.3 Å². The minimum atomic E-state index is -0.252. The molecule has 3 aromatic rings. The molecule has 1 unspecified atom stereocenters. The van der Waals surface area contributed by atoms with Crippen LogP contribution in [0.5, 0.6) is 5.75 Å². The molecule has 0 aliphatic heterocycles. The van der Waals surface area contributed by atoms with E-state index in [-0.39, 0.29) is 18.6 Å². The van der Waals surface area contributed by atoms with Gasteiger partial charge in [0.15, 0.2) is 5.82 Å². The number of aliphatic hydroxyl groups is 1. The van der Waals surface area contributed by atoms with Gasteiger partial charge in [-0.15, -0.1) is 10.2 Å². The first-order valence-electron chi connectivity index (χ1n) is 8.56. The number of amides is 1. The fourth-order valence-electron chi connectivity index (χ4n) is 2.92. The molecule has 2 aromatic carbocycles. The summed E-state index contributed by atoms with van der Waals surface area (Å²) < 4.78 is 7.00. The highest BCUT2D eigenvalue weighted by molar-refractivity contribution is 5.94. The molecule has 7 nitrogen and oxygen atoms in total. The molecule has 7 heteroatoms. The minimum Gasteiger partial charge on any atom is -0.496 e. The van der Waals surface area contributed by atoms with Gasteiger partial charge < -0.3 is 19.7 Å². The molecule has 0 radical (unpaired) electrons. The van der Waals surface area contributed by atoms with Crippen molar-refractivity contribution in [3.05, 3.63) is 65.7 Å². The van der Waals surface area contributed by atoms with Crippen LogP contribution in [0.2, 0.25) is 0 Å². The highest BCUT2D eigenvalue weighted by atomic mass is 16.5. The number of hydrogen-bond donors (Lipinski definition) is 2. The number of aryl methyl sites for hydroxylation is 1. The van der Waals surface area contributed by atoms with Crippen molar-refractivity contribution in [1.82, 2.24) is 20.1 Å². The van der Waals surface area contributed by atoms with E-state index >= 15 is 0 Å². The number of hydrogen-bond acceptors (Lipinski definition) is 5. The smallest absolute Gasteiger partial charge is 0.251 e. The van der Waals surface area contributed by atoms with Gasteiger partial charge in [0, 0.05) is 18.2 Å². The number of methoxy groups -OCH3 is 1. The van der Waals surface area contributed by atoms with Crippen LogP contribution in [0.4, 0.5) is 0 Å². The Bertz CT molecular complexity index is 935. The summed E-state index contributed by atoms with van der Waals surface area (Å²) in [5.74, 6) is 1.16. The van der Waals surface area contributed by atoms with E-state index in [1.165, 1.54) is 0 Å². The SMILES string of the molecule is COc1ccc(-c2ccc(C(=O)NC(C)c3nncn3C)cc2)cc1CO. The fraction of sp³-hybridized carbons (Fsp3) is 0.250. The summed E-state index contributed by atoms with van der Waals surface area (Å²) in [4.78, 5) is 12.5. The lowest BCUT2D eigenvalue weighted by Gasteiger charge is -2.13. The van der Waals surface area contributed by atoms with Crippen molar-refractivity contribution in [1.29, 1.82) is 0 Å². The Hall–Kier alpha value is -3.19. The average molecular weight is 366 g/mol. The molecule has 140 valence electrons. The number of carbonyl (C=O) groups excluding carboxylic acids is 1. The second-order valence-corrected chi connectivity index (χ2v) is 6.26. The van der Waals surface area contributed by atoms with Gasteiger partial charge in [0.2, 0.25) is 0 Å². The van der Waals surface area contributed by atoms with Crippen LogP contribution in [0.3, 0.4) is 0 Å². The molecule has 0 fully saturated rings. The lowest BCUT2D eigenvalue weighted by molar-refractivity contribution is 0.0938. The van der Waals surface area contributed by atoms with Gasteiger partial charge >= 0.3 is 0 Å². The zero-order valence-corrected chi connectivity index (χ0v) is 15.5. The standard InChI is InChI=1S/C20H22N4O3/c1-13(19-23-21-12-24(19)2)22-20(26)15-6-4-14(5-7-15)16-8-9-18(27-3)17(10-16)11-25/h4-10,12-13,25H,11H2,1-3H3,(H,22,26). The Kier molecular flexibility index (Phi) is 5.52. The first-order chi connectivity index (χ1) is 13.0. The van der Waals surface area contributed by atoms with E-state index in [0.29, 0.717) is 22.7 Å². The van der Waals surface area contributed by atoms with Gasteiger partial charge in [-0.25, -0.2) is 0 Å². The van der Waals surface area contributed by atoms with Crippen molar-refractivity contribution in [2.24, 2.45) is 7.05 Å². The number of rotatable bonds is 6. The van der Waals surface area contributed by atoms with Gasteiger partial charge in [0.05, 0.1) is 19.8 Å². The van der Waals surface area contributed by atoms with E-state index in [0.717, 1.165) is 11.1 Å². The molecule has 0 saturated heterocycles. The zero-order valence-electron chi connectivity index (χ0n) is 15.5. The Balaban J connectivity index is 1.75.